The Labute approximate surface area is 102 Å². The quantitative estimate of drug-likeness (QED) is 0.728. The van der Waals surface area contributed by atoms with Crippen molar-refractivity contribution in [3.8, 4) is 0 Å². The minimum atomic E-state index is -3.46. The maximum absolute atomic E-state index is 11.5. The molecule has 1 aliphatic heterocycles. The average molecular weight is 256 g/mol. The van der Waals surface area contributed by atoms with Gasteiger partial charge in [-0.15, -0.1) is 0 Å². The van der Waals surface area contributed by atoms with Gasteiger partial charge in [0, 0.05) is 23.0 Å². The van der Waals surface area contributed by atoms with Crippen LogP contribution in [0.25, 0.3) is 0 Å². The van der Waals surface area contributed by atoms with Gasteiger partial charge >= 0.3 is 10.1 Å². The van der Waals surface area contributed by atoms with Crippen molar-refractivity contribution in [2.24, 2.45) is 5.41 Å². The van der Waals surface area contributed by atoms with Gasteiger partial charge in [0.1, 0.15) is 5.76 Å². The highest BCUT2D eigenvalue weighted by atomic mass is 32.2. The number of allylic oxidation sites excluding steroid dienone is 4. The zero-order valence-electron chi connectivity index (χ0n) is 10.2. The highest BCUT2D eigenvalue weighted by Gasteiger charge is 2.38. The van der Waals surface area contributed by atoms with Crippen LogP contribution in [0.4, 0.5) is 0 Å². The number of hydrogen-bond acceptors (Lipinski definition) is 4. The highest BCUT2D eigenvalue weighted by Crippen LogP contribution is 2.48. The lowest BCUT2D eigenvalue weighted by atomic mass is 9.84. The van der Waals surface area contributed by atoms with Crippen molar-refractivity contribution in [3.63, 3.8) is 0 Å². The Bertz CT molecular complexity index is 521. The van der Waals surface area contributed by atoms with Crippen molar-refractivity contribution in [2.75, 3.05) is 5.75 Å². The summed E-state index contributed by atoms with van der Waals surface area (Å²) in [7, 11) is -3.46. The molecule has 1 aliphatic carbocycles. The maximum Gasteiger partial charge on any atom is 0.308 e. The minimum absolute atomic E-state index is 0.0243. The van der Waals surface area contributed by atoms with Gasteiger partial charge in [0.05, 0.1) is 18.3 Å². The molecule has 0 saturated carbocycles. The van der Waals surface area contributed by atoms with E-state index in [0.29, 0.717) is 12.2 Å². The standard InChI is InChI=1S/C12H16O4S/c1-4-17(13,14)16-11-7-12(2,3)10-8-15-6-5-9(10)11/h5-6,8H,4,7H2,1-3H3. The van der Waals surface area contributed by atoms with Crippen molar-refractivity contribution >= 4 is 10.1 Å². The number of fused-ring (bicyclic) bond motifs is 1. The normalized spacial score (nSPS) is 21.9. The van der Waals surface area contributed by atoms with Crippen LogP contribution >= 0.6 is 0 Å². The second kappa shape index (κ2) is 3.91. The summed E-state index contributed by atoms with van der Waals surface area (Å²) in [4.78, 5) is 0. The van der Waals surface area contributed by atoms with Gasteiger partial charge in [-0.2, -0.15) is 8.42 Å². The first-order chi connectivity index (χ1) is 7.86. The third-order valence-electron chi connectivity index (χ3n) is 3.00. The molecule has 0 N–H and O–H groups in total. The SMILES string of the molecule is CCS(=O)(=O)OC1=C2C=COC=C2C(C)(C)C1. The Hall–Kier alpha value is -1.23. The zero-order chi connectivity index (χ0) is 12.7. The van der Waals surface area contributed by atoms with E-state index in [4.69, 9.17) is 8.92 Å². The fourth-order valence-corrected chi connectivity index (χ4v) is 2.59. The molecule has 0 fully saturated rings. The molecule has 4 nitrogen and oxygen atoms in total. The molecule has 94 valence electrons. The molecule has 0 spiro atoms. The van der Waals surface area contributed by atoms with Crippen molar-refractivity contribution in [1.82, 2.24) is 0 Å². The summed E-state index contributed by atoms with van der Waals surface area (Å²) in [5.74, 6) is 0.492. The molecule has 0 bridgehead atoms. The van der Waals surface area contributed by atoms with Crippen LogP contribution in [0.1, 0.15) is 27.2 Å². The van der Waals surface area contributed by atoms with Crippen LogP contribution in [-0.2, 0) is 19.0 Å². The molecule has 0 aromatic rings. The summed E-state index contributed by atoms with van der Waals surface area (Å²) in [5, 5.41) is 0. The van der Waals surface area contributed by atoms with Gasteiger partial charge in [-0.3, -0.25) is 0 Å². The van der Waals surface area contributed by atoms with Crippen LogP contribution in [0.5, 0.6) is 0 Å². The van der Waals surface area contributed by atoms with E-state index in [1.165, 1.54) is 6.26 Å². The molecule has 2 aliphatic rings. The molecule has 2 rings (SSSR count). The summed E-state index contributed by atoms with van der Waals surface area (Å²) in [5.41, 5.74) is 1.66. The van der Waals surface area contributed by atoms with E-state index in [1.807, 2.05) is 13.8 Å². The first-order valence-corrected chi connectivity index (χ1v) is 7.12. The van der Waals surface area contributed by atoms with Crippen LogP contribution in [0.2, 0.25) is 0 Å². The molecule has 5 heteroatoms. The van der Waals surface area contributed by atoms with Crippen molar-refractivity contribution in [1.29, 1.82) is 0 Å². The highest BCUT2D eigenvalue weighted by molar-refractivity contribution is 7.86. The number of ether oxygens (including phenoxy) is 1. The van der Waals surface area contributed by atoms with Crippen LogP contribution in [0, 0.1) is 5.41 Å². The topological polar surface area (TPSA) is 52.6 Å². The fraction of sp³-hybridized carbons (Fsp3) is 0.500. The molecule has 0 aromatic heterocycles. The van der Waals surface area contributed by atoms with Crippen LogP contribution in [0.3, 0.4) is 0 Å². The molecule has 0 amide bonds. The largest absolute Gasteiger partial charge is 0.472 e. The molecular formula is C12H16O4S. The van der Waals surface area contributed by atoms with Crippen molar-refractivity contribution in [2.45, 2.75) is 27.2 Å². The van der Waals surface area contributed by atoms with Gasteiger partial charge in [-0.05, 0) is 13.0 Å². The molecule has 0 radical (unpaired) electrons. The molecular weight excluding hydrogens is 240 g/mol. The van der Waals surface area contributed by atoms with E-state index in [9.17, 15) is 8.42 Å². The fourth-order valence-electron chi connectivity index (χ4n) is 2.01. The van der Waals surface area contributed by atoms with Crippen LogP contribution < -0.4 is 0 Å². The third-order valence-corrected chi connectivity index (χ3v) is 4.16. The van der Waals surface area contributed by atoms with Gasteiger partial charge in [-0.1, -0.05) is 13.8 Å². The van der Waals surface area contributed by atoms with E-state index >= 15 is 0 Å². The third kappa shape index (κ3) is 2.24. The average Bonchev–Trinajstić information content (AvgIpc) is 2.51. The van der Waals surface area contributed by atoms with Gasteiger partial charge in [0.25, 0.3) is 0 Å². The lowest BCUT2D eigenvalue weighted by Crippen LogP contribution is -2.12. The van der Waals surface area contributed by atoms with Gasteiger partial charge in [0.2, 0.25) is 0 Å². The van der Waals surface area contributed by atoms with Crippen molar-refractivity contribution in [3.05, 3.63) is 35.5 Å². The molecule has 0 aromatic carbocycles. The monoisotopic (exact) mass is 256 g/mol. The maximum atomic E-state index is 11.5. The molecule has 0 unspecified atom stereocenters. The summed E-state index contributed by atoms with van der Waals surface area (Å²) in [6, 6.07) is 0. The van der Waals surface area contributed by atoms with E-state index in [2.05, 4.69) is 0 Å². The lowest BCUT2D eigenvalue weighted by molar-refractivity contribution is 0.345. The Kier molecular flexibility index (Phi) is 2.81. The molecule has 17 heavy (non-hydrogen) atoms. The number of rotatable bonds is 3. The van der Waals surface area contributed by atoms with Crippen LogP contribution in [-0.4, -0.2) is 14.2 Å². The smallest absolute Gasteiger partial charge is 0.308 e. The summed E-state index contributed by atoms with van der Waals surface area (Å²) in [6.07, 6.45) is 5.51. The molecule has 1 heterocycles. The Balaban J connectivity index is 2.38. The summed E-state index contributed by atoms with van der Waals surface area (Å²) in [6.45, 7) is 5.64. The summed E-state index contributed by atoms with van der Waals surface area (Å²) >= 11 is 0. The van der Waals surface area contributed by atoms with E-state index in [1.54, 1.807) is 19.3 Å². The first-order valence-electron chi connectivity index (χ1n) is 5.54. The van der Waals surface area contributed by atoms with E-state index in [0.717, 1.165) is 11.1 Å². The van der Waals surface area contributed by atoms with Crippen molar-refractivity contribution < 1.29 is 17.3 Å². The second-order valence-electron chi connectivity index (χ2n) is 4.80. The van der Waals surface area contributed by atoms with Crippen LogP contribution in [0.15, 0.2) is 35.5 Å². The molecule has 0 atom stereocenters. The summed E-state index contributed by atoms with van der Waals surface area (Å²) < 4.78 is 33.3. The van der Waals surface area contributed by atoms with Gasteiger partial charge in [-0.25, -0.2) is 0 Å². The Morgan fingerprint density at radius 2 is 2.18 bits per heavy atom. The predicted octanol–water partition coefficient (Wildman–Crippen LogP) is 2.46. The predicted molar refractivity (Wildman–Crippen MR) is 64.3 cm³/mol. The Morgan fingerprint density at radius 1 is 1.47 bits per heavy atom. The zero-order valence-corrected chi connectivity index (χ0v) is 11.0. The second-order valence-corrected chi connectivity index (χ2v) is 6.66. The lowest BCUT2D eigenvalue weighted by Gasteiger charge is -2.21. The van der Waals surface area contributed by atoms with E-state index in [-0.39, 0.29) is 11.2 Å². The van der Waals surface area contributed by atoms with E-state index < -0.39 is 10.1 Å². The Morgan fingerprint density at radius 3 is 2.82 bits per heavy atom. The van der Waals surface area contributed by atoms with Gasteiger partial charge < -0.3 is 8.92 Å². The molecule has 0 saturated heterocycles. The first kappa shape index (κ1) is 12.2. The minimum Gasteiger partial charge on any atom is -0.472 e. The number of hydrogen-bond donors (Lipinski definition) is 0. The van der Waals surface area contributed by atoms with Gasteiger partial charge in [0.15, 0.2) is 0 Å².